The lowest BCUT2D eigenvalue weighted by Crippen LogP contribution is -2.36. The van der Waals surface area contributed by atoms with E-state index in [4.69, 9.17) is 5.11 Å². The number of amides is 2. The van der Waals surface area contributed by atoms with E-state index in [9.17, 15) is 14.4 Å². The first-order valence-electron chi connectivity index (χ1n) is 8.67. The summed E-state index contributed by atoms with van der Waals surface area (Å²) in [4.78, 5) is 39.7. The van der Waals surface area contributed by atoms with Gasteiger partial charge in [-0.3, -0.25) is 14.4 Å². The highest BCUT2D eigenvalue weighted by Crippen LogP contribution is 2.33. The SMILES string of the molecule is Cc1cc(C)c(N2C[C@@H](C(=O)N3CC[C@H](C(=O)O)C3)CC2=O)c(C)c1. The van der Waals surface area contributed by atoms with Crippen molar-refractivity contribution in [3.8, 4) is 0 Å². The fourth-order valence-electron chi connectivity index (χ4n) is 4.11. The molecule has 0 saturated carbocycles. The second kappa shape index (κ2) is 6.50. The van der Waals surface area contributed by atoms with Gasteiger partial charge in [-0.2, -0.15) is 0 Å². The minimum atomic E-state index is -0.856. The first kappa shape index (κ1) is 17.5. The number of rotatable bonds is 3. The number of carbonyl (C=O) groups is 3. The highest BCUT2D eigenvalue weighted by atomic mass is 16.4. The van der Waals surface area contributed by atoms with Crippen molar-refractivity contribution < 1.29 is 19.5 Å². The molecular formula is C19H24N2O4. The molecule has 134 valence electrons. The van der Waals surface area contributed by atoms with Gasteiger partial charge < -0.3 is 14.9 Å². The Morgan fingerprint density at radius 3 is 2.28 bits per heavy atom. The maximum absolute atomic E-state index is 12.7. The van der Waals surface area contributed by atoms with Crippen LogP contribution < -0.4 is 4.90 Å². The number of nitrogens with zero attached hydrogens (tertiary/aromatic N) is 2. The Morgan fingerprint density at radius 2 is 1.72 bits per heavy atom. The summed E-state index contributed by atoms with van der Waals surface area (Å²) in [7, 11) is 0. The molecule has 0 radical (unpaired) electrons. The van der Waals surface area contributed by atoms with E-state index in [1.54, 1.807) is 9.80 Å². The average Bonchev–Trinajstić information content (AvgIpc) is 3.13. The van der Waals surface area contributed by atoms with Crippen LogP contribution in [-0.4, -0.2) is 47.4 Å². The van der Waals surface area contributed by atoms with E-state index < -0.39 is 11.9 Å². The summed E-state index contributed by atoms with van der Waals surface area (Å²) in [6.07, 6.45) is 0.682. The zero-order valence-corrected chi connectivity index (χ0v) is 14.9. The molecule has 2 heterocycles. The van der Waals surface area contributed by atoms with Gasteiger partial charge in [0.15, 0.2) is 0 Å². The second-order valence-electron chi connectivity index (χ2n) is 7.26. The van der Waals surface area contributed by atoms with Crippen LogP contribution in [0.4, 0.5) is 5.69 Å². The molecule has 0 bridgehead atoms. The molecule has 0 aliphatic carbocycles. The quantitative estimate of drug-likeness (QED) is 0.908. The van der Waals surface area contributed by atoms with Gasteiger partial charge >= 0.3 is 5.97 Å². The van der Waals surface area contributed by atoms with Crippen molar-refractivity contribution in [3.63, 3.8) is 0 Å². The fourth-order valence-corrected chi connectivity index (χ4v) is 4.11. The molecule has 2 aliphatic rings. The monoisotopic (exact) mass is 344 g/mol. The topological polar surface area (TPSA) is 77.9 Å². The van der Waals surface area contributed by atoms with Gasteiger partial charge in [-0.1, -0.05) is 17.7 Å². The molecule has 6 heteroatoms. The standard InChI is InChI=1S/C19H24N2O4/c1-11-6-12(2)17(13(3)7-11)21-10-15(8-16(21)22)18(23)20-5-4-14(9-20)19(24)25/h6-7,14-15H,4-5,8-10H2,1-3H3,(H,24,25)/t14-,15-/m0/s1. The van der Waals surface area contributed by atoms with Crippen molar-refractivity contribution in [1.29, 1.82) is 0 Å². The lowest BCUT2D eigenvalue weighted by molar-refractivity contribution is -0.141. The first-order chi connectivity index (χ1) is 11.8. The Balaban J connectivity index is 1.75. The summed E-state index contributed by atoms with van der Waals surface area (Å²) >= 11 is 0. The number of hydrogen-bond donors (Lipinski definition) is 1. The molecule has 2 atom stereocenters. The van der Waals surface area contributed by atoms with Crippen LogP contribution >= 0.6 is 0 Å². The van der Waals surface area contributed by atoms with Gasteiger partial charge in [0, 0.05) is 31.7 Å². The van der Waals surface area contributed by atoms with Gasteiger partial charge in [-0.15, -0.1) is 0 Å². The van der Waals surface area contributed by atoms with E-state index in [-0.39, 0.29) is 30.7 Å². The summed E-state index contributed by atoms with van der Waals surface area (Å²) < 4.78 is 0. The minimum absolute atomic E-state index is 0.0395. The maximum Gasteiger partial charge on any atom is 0.308 e. The summed E-state index contributed by atoms with van der Waals surface area (Å²) in [6, 6.07) is 4.09. The second-order valence-corrected chi connectivity index (χ2v) is 7.26. The Labute approximate surface area is 147 Å². The summed E-state index contributed by atoms with van der Waals surface area (Å²) in [5.74, 6) is -1.87. The molecule has 6 nitrogen and oxygen atoms in total. The van der Waals surface area contributed by atoms with E-state index >= 15 is 0 Å². The van der Waals surface area contributed by atoms with E-state index in [0.717, 1.165) is 22.4 Å². The number of carboxylic acids is 1. The lowest BCUT2D eigenvalue weighted by Gasteiger charge is -2.23. The van der Waals surface area contributed by atoms with E-state index in [1.807, 2.05) is 32.9 Å². The number of likely N-dealkylation sites (tertiary alicyclic amines) is 1. The van der Waals surface area contributed by atoms with E-state index in [0.29, 0.717) is 19.5 Å². The van der Waals surface area contributed by atoms with Crippen LogP contribution in [0.25, 0.3) is 0 Å². The number of aryl methyl sites for hydroxylation is 3. The average molecular weight is 344 g/mol. The molecule has 25 heavy (non-hydrogen) atoms. The molecule has 1 N–H and O–H groups in total. The fraction of sp³-hybridized carbons (Fsp3) is 0.526. The minimum Gasteiger partial charge on any atom is -0.481 e. The molecule has 2 aliphatic heterocycles. The van der Waals surface area contributed by atoms with E-state index in [1.165, 1.54) is 0 Å². The third kappa shape index (κ3) is 3.25. The lowest BCUT2D eigenvalue weighted by atomic mass is 10.0. The van der Waals surface area contributed by atoms with Crippen LogP contribution in [0.3, 0.4) is 0 Å². The maximum atomic E-state index is 12.7. The number of hydrogen-bond acceptors (Lipinski definition) is 3. The van der Waals surface area contributed by atoms with Crippen LogP contribution in [0.2, 0.25) is 0 Å². The molecule has 2 saturated heterocycles. The van der Waals surface area contributed by atoms with Crippen LogP contribution in [0.5, 0.6) is 0 Å². The number of benzene rings is 1. The number of aliphatic carboxylic acids is 1. The Morgan fingerprint density at radius 1 is 1.08 bits per heavy atom. The highest BCUT2D eigenvalue weighted by Gasteiger charge is 2.40. The zero-order chi connectivity index (χ0) is 18.3. The van der Waals surface area contributed by atoms with Crippen LogP contribution in [0.1, 0.15) is 29.5 Å². The number of anilines is 1. The Hall–Kier alpha value is -2.37. The number of carbonyl (C=O) groups excluding carboxylic acids is 2. The van der Waals surface area contributed by atoms with Gasteiger partial charge in [-0.05, 0) is 38.3 Å². The normalized spacial score (nSPS) is 23.4. The largest absolute Gasteiger partial charge is 0.481 e. The third-order valence-corrected chi connectivity index (χ3v) is 5.23. The van der Waals surface area contributed by atoms with Gasteiger partial charge in [0.2, 0.25) is 11.8 Å². The molecule has 1 aromatic carbocycles. The zero-order valence-electron chi connectivity index (χ0n) is 14.9. The summed E-state index contributed by atoms with van der Waals surface area (Å²) in [5.41, 5.74) is 4.11. The van der Waals surface area contributed by atoms with Crippen molar-refractivity contribution in [2.45, 2.75) is 33.6 Å². The van der Waals surface area contributed by atoms with Gasteiger partial charge in [0.25, 0.3) is 0 Å². The van der Waals surface area contributed by atoms with Gasteiger partial charge in [0.05, 0.1) is 11.8 Å². The highest BCUT2D eigenvalue weighted by molar-refractivity contribution is 6.01. The van der Waals surface area contributed by atoms with Crippen LogP contribution in [-0.2, 0) is 14.4 Å². The van der Waals surface area contributed by atoms with E-state index in [2.05, 4.69) is 0 Å². The molecular weight excluding hydrogens is 320 g/mol. The molecule has 2 amide bonds. The summed E-state index contributed by atoms with van der Waals surface area (Å²) in [5, 5.41) is 9.09. The van der Waals surface area contributed by atoms with Crippen molar-refractivity contribution >= 4 is 23.5 Å². The molecule has 0 aromatic heterocycles. The summed E-state index contributed by atoms with van der Waals surface area (Å²) in [6.45, 7) is 7.07. The van der Waals surface area contributed by atoms with Crippen molar-refractivity contribution in [2.75, 3.05) is 24.5 Å². The smallest absolute Gasteiger partial charge is 0.308 e. The third-order valence-electron chi connectivity index (χ3n) is 5.23. The van der Waals surface area contributed by atoms with Crippen molar-refractivity contribution in [1.82, 2.24) is 4.90 Å². The Bertz CT molecular complexity index is 720. The van der Waals surface area contributed by atoms with Gasteiger partial charge in [-0.25, -0.2) is 0 Å². The predicted octanol–water partition coefficient (Wildman–Crippen LogP) is 1.90. The first-order valence-corrected chi connectivity index (χ1v) is 8.67. The molecule has 0 spiro atoms. The van der Waals surface area contributed by atoms with Crippen molar-refractivity contribution in [3.05, 3.63) is 28.8 Å². The molecule has 3 rings (SSSR count). The molecule has 0 unspecified atom stereocenters. The Kier molecular flexibility index (Phi) is 4.54. The molecule has 1 aromatic rings. The number of carboxylic acid groups (broad SMARTS) is 1. The predicted molar refractivity (Wildman–Crippen MR) is 93.4 cm³/mol. The van der Waals surface area contributed by atoms with Crippen LogP contribution in [0, 0.1) is 32.6 Å². The van der Waals surface area contributed by atoms with Crippen molar-refractivity contribution in [2.24, 2.45) is 11.8 Å². The molecule has 2 fully saturated rings. The van der Waals surface area contributed by atoms with Crippen LogP contribution in [0.15, 0.2) is 12.1 Å². The van der Waals surface area contributed by atoms with Gasteiger partial charge in [0.1, 0.15) is 0 Å².